The van der Waals surface area contributed by atoms with Crippen molar-refractivity contribution in [3.05, 3.63) is 53.4 Å². The average molecular weight is 402 g/mol. The summed E-state index contributed by atoms with van der Waals surface area (Å²) in [5.41, 5.74) is 1.39. The fourth-order valence-corrected chi connectivity index (χ4v) is 2.86. The van der Waals surface area contributed by atoms with Gasteiger partial charge in [-0.05, 0) is 6.42 Å². The van der Waals surface area contributed by atoms with E-state index in [2.05, 4.69) is 15.5 Å². The van der Waals surface area contributed by atoms with Gasteiger partial charge in [0.05, 0.1) is 24.9 Å². The lowest BCUT2D eigenvalue weighted by molar-refractivity contribution is -0.116. The molecule has 8 heteroatoms. The molecule has 0 saturated carbocycles. The van der Waals surface area contributed by atoms with E-state index in [1.54, 1.807) is 12.1 Å². The fraction of sp³-hybridized carbons (Fsp3) is 0.250. The van der Waals surface area contributed by atoms with E-state index in [9.17, 15) is 4.79 Å². The summed E-state index contributed by atoms with van der Waals surface area (Å²) in [7, 11) is 3.01. The molecule has 0 aliphatic heterocycles. The Labute approximate surface area is 167 Å². The Kier molecular flexibility index (Phi) is 6.49. The molecule has 0 bridgehead atoms. The highest BCUT2D eigenvalue weighted by molar-refractivity contribution is 6.32. The monoisotopic (exact) mass is 401 g/mol. The Morgan fingerprint density at radius 3 is 2.61 bits per heavy atom. The van der Waals surface area contributed by atoms with Gasteiger partial charge in [-0.2, -0.15) is 4.98 Å². The molecule has 0 aliphatic carbocycles. The van der Waals surface area contributed by atoms with Gasteiger partial charge < -0.3 is 19.3 Å². The SMILES string of the molecule is COc1cc(NC(=O)CCCc2nc(-c3ccccc3)no2)c(OC)cc1Cl. The molecule has 0 fully saturated rings. The smallest absolute Gasteiger partial charge is 0.226 e. The molecule has 3 rings (SSSR count). The lowest BCUT2D eigenvalue weighted by Gasteiger charge is -2.13. The quantitative estimate of drug-likeness (QED) is 0.603. The molecule has 2 aromatic carbocycles. The van der Waals surface area contributed by atoms with Crippen LogP contribution in [-0.2, 0) is 11.2 Å². The highest BCUT2D eigenvalue weighted by Gasteiger charge is 2.13. The topological polar surface area (TPSA) is 86.5 Å². The van der Waals surface area contributed by atoms with Crippen molar-refractivity contribution < 1.29 is 18.8 Å². The number of hydrogen-bond acceptors (Lipinski definition) is 6. The van der Waals surface area contributed by atoms with Gasteiger partial charge in [0, 0.05) is 30.5 Å². The second kappa shape index (κ2) is 9.23. The molecule has 3 aromatic rings. The maximum atomic E-state index is 12.3. The predicted octanol–water partition coefficient (Wildman–Crippen LogP) is 4.37. The summed E-state index contributed by atoms with van der Waals surface area (Å²) >= 11 is 6.07. The summed E-state index contributed by atoms with van der Waals surface area (Å²) in [5, 5.41) is 7.19. The third kappa shape index (κ3) is 4.80. The van der Waals surface area contributed by atoms with Crippen LogP contribution in [0.4, 0.5) is 5.69 Å². The van der Waals surface area contributed by atoms with Crippen LogP contribution in [0.3, 0.4) is 0 Å². The van der Waals surface area contributed by atoms with Crippen LogP contribution in [0.2, 0.25) is 5.02 Å². The van der Waals surface area contributed by atoms with Gasteiger partial charge in [0.25, 0.3) is 0 Å². The van der Waals surface area contributed by atoms with Crippen LogP contribution < -0.4 is 14.8 Å². The number of nitrogens with zero attached hydrogens (tertiary/aromatic N) is 2. The summed E-state index contributed by atoms with van der Waals surface area (Å²) in [4.78, 5) is 16.6. The number of nitrogens with one attached hydrogen (secondary N) is 1. The Balaban J connectivity index is 1.55. The molecule has 0 unspecified atom stereocenters. The zero-order valence-corrected chi connectivity index (χ0v) is 16.3. The van der Waals surface area contributed by atoms with Crippen molar-refractivity contribution in [2.75, 3.05) is 19.5 Å². The van der Waals surface area contributed by atoms with Crippen LogP contribution in [-0.4, -0.2) is 30.3 Å². The molecular weight excluding hydrogens is 382 g/mol. The summed E-state index contributed by atoms with van der Waals surface area (Å²) in [6.45, 7) is 0. The number of ether oxygens (including phenoxy) is 2. The molecule has 0 atom stereocenters. The van der Waals surface area contributed by atoms with Gasteiger partial charge in [-0.1, -0.05) is 47.1 Å². The van der Waals surface area contributed by atoms with Crippen molar-refractivity contribution in [2.24, 2.45) is 0 Å². The average Bonchev–Trinajstić information content (AvgIpc) is 3.18. The first-order valence-corrected chi connectivity index (χ1v) is 9.08. The van der Waals surface area contributed by atoms with Crippen LogP contribution in [0.15, 0.2) is 47.0 Å². The van der Waals surface area contributed by atoms with Crippen LogP contribution in [0, 0.1) is 0 Å². The van der Waals surface area contributed by atoms with Crippen LogP contribution >= 0.6 is 11.6 Å². The maximum Gasteiger partial charge on any atom is 0.226 e. The van der Waals surface area contributed by atoms with E-state index in [1.165, 1.54) is 14.2 Å². The maximum absolute atomic E-state index is 12.3. The highest BCUT2D eigenvalue weighted by Crippen LogP contribution is 2.35. The summed E-state index contributed by atoms with van der Waals surface area (Å²) in [6, 6.07) is 12.8. The summed E-state index contributed by atoms with van der Waals surface area (Å²) < 4.78 is 15.7. The zero-order chi connectivity index (χ0) is 19.9. The number of benzene rings is 2. The van der Waals surface area contributed by atoms with Gasteiger partial charge in [-0.25, -0.2) is 0 Å². The number of anilines is 1. The van der Waals surface area contributed by atoms with E-state index in [0.29, 0.717) is 46.8 Å². The second-order valence-corrected chi connectivity index (χ2v) is 6.37. The van der Waals surface area contributed by atoms with Crippen molar-refractivity contribution in [3.8, 4) is 22.9 Å². The molecule has 0 aliphatic rings. The largest absolute Gasteiger partial charge is 0.495 e. The molecule has 0 spiro atoms. The summed E-state index contributed by atoms with van der Waals surface area (Å²) in [5.74, 6) is 1.79. The third-order valence-corrected chi connectivity index (χ3v) is 4.34. The third-order valence-electron chi connectivity index (χ3n) is 4.04. The van der Waals surface area contributed by atoms with Gasteiger partial charge in [-0.3, -0.25) is 4.79 Å². The highest BCUT2D eigenvalue weighted by atomic mass is 35.5. The minimum Gasteiger partial charge on any atom is -0.495 e. The van der Waals surface area contributed by atoms with Crippen LogP contribution in [0.25, 0.3) is 11.4 Å². The Bertz CT molecular complexity index is 944. The first-order chi connectivity index (χ1) is 13.6. The molecule has 1 aromatic heterocycles. The minimum atomic E-state index is -0.162. The Hall–Kier alpha value is -3.06. The standard InChI is InChI=1S/C20H20ClN3O4/c1-26-16-12-15(17(27-2)11-14(16)21)22-18(25)9-6-10-19-23-20(24-28-19)13-7-4-3-5-8-13/h3-5,7-8,11-12H,6,9-10H2,1-2H3,(H,22,25). The number of aryl methyl sites for hydroxylation is 1. The van der Waals surface area contributed by atoms with E-state index in [0.717, 1.165) is 5.56 Å². The molecule has 0 radical (unpaired) electrons. The number of amides is 1. The molecule has 146 valence electrons. The fourth-order valence-electron chi connectivity index (χ4n) is 2.63. The zero-order valence-electron chi connectivity index (χ0n) is 15.6. The number of rotatable bonds is 8. The molecule has 0 saturated heterocycles. The Morgan fingerprint density at radius 2 is 1.89 bits per heavy atom. The van der Waals surface area contributed by atoms with Crippen molar-refractivity contribution in [2.45, 2.75) is 19.3 Å². The van der Waals surface area contributed by atoms with E-state index in [-0.39, 0.29) is 12.3 Å². The van der Waals surface area contributed by atoms with E-state index in [1.807, 2.05) is 30.3 Å². The normalized spacial score (nSPS) is 10.5. The molecule has 28 heavy (non-hydrogen) atoms. The van der Waals surface area contributed by atoms with Crippen LogP contribution in [0.1, 0.15) is 18.7 Å². The van der Waals surface area contributed by atoms with E-state index >= 15 is 0 Å². The first kappa shape index (κ1) is 19.7. The van der Waals surface area contributed by atoms with Gasteiger partial charge >= 0.3 is 0 Å². The summed E-state index contributed by atoms with van der Waals surface area (Å²) in [6.07, 6.45) is 1.36. The van der Waals surface area contributed by atoms with Crippen LogP contribution in [0.5, 0.6) is 11.5 Å². The second-order valence-electron chi connectivity index (χ2n) is 5.97. The number of halogens is 1. The van der Waals surface area contributed by atoms with Crippen molar-refractivity contribution in [1.82, 2.24) is 10.1 Å². The number of aromatic nitrogens is 2. The lowest BCUT2D eigenvalue weighted by atomic mass is 10.2. The Morgan fingerprint density at radius 1 is 1.14 bits per heavy atom. The van der Waals surface area contributed by atoms with E-state index < -0.39 is 0 Å². The molecule has 1 amide bonds. The molecule has 1 N–H and O–H groups in total. The number of carbonyl (C=O) groups is 1. The van der Waals surface area contributed by atoms with Gasteiger partial charge in [0.2, 0.25) is 17.6 Å². The molecular formula is C20H20ClN3O4. The van der Waals surface area contributed by atoms with Crippen molar-refractivity contribution in [1.29, 1.82) is 0 Å². The number of hydrogen-bond donors (Lipinski definition) is 1. The van der Waals surface area contributed by atoms with Crippen molar-refractivity contribution in [3.63, 3.8) is 0 Å². The molecule has 7 nitrogen and oxygen atoms in total. The van der Waals surface area contributed by atoms with Gasteiger partial charge in [-0.15, -0.1) is 0 Å². The molecule has 1 heterocycles. The van der Waals surface area contributed by atoms with Crippen molar-refractivity contribution >= 4 is 23.2 Å². The first-order valence-electron chi connectivity index (χ1n) is 8.70. The lowest BCUT2D eigenvalue weighted by Crippen LogP contribution is -2.12. The predicted molar refractivity (Wildman–Crippen MR) is 106 cm³/mol. The minimum absolute atomic E-state index is 0.162. The van der Waals surface area contributed by atoms with Gasteiger partial charge in [0.15, 0.2) is 0 Å². The van der Waals surface area contributed by atoms with Gasteiger partial charge in [0.1, 0.15) is 11.5 Å². The van der Waals surface area contributed by atoms with E-state index in [4.69, 9.17) is 25.6 Å². The number of methoxy groups -OCH3 is 2. The number of carbonyl (C=O) groups excluding carboxylic acids is 1.